The summed E-state index contributed by atoms with van der Waals surface area (Å²) in [5, 5.41) is 12.7. The van der Waals surface area contributed by atoms with Gasteiger partial charge in [-0.05, 0) is 30.7 Å². The van der Waals surface area contributed by atoms with Crippen LogP contribution in [0.3, 0.4) is 0 Å². The summed E-state index contributed by atoms with van der Waals surface area (Å²) in [4.78, 5) is 14.7. The second-order valence-electron chi connectivity index (χ2n) is 7.11. The van der Waals surface area contributed by atoms with Crippen molar-refractivity contribution in [1.29, 1.82) is 5.41 Å². The maximum absolute atomic E-state index is 12.5. The topological polar surface area (TPSA) is 74.7 Å². The van der Waals surface area contributed by atoms with Crippen LogP contribution in [0.4, 0.5) is 5.69 Å². The Hall–Kier alpha value is -2.12. The number of rotatable bonds is 8. The number of anilines is 1. The number of esters is 1. The average molecular weight is 450 g/mol. The molecule has 0 aromatic heterocycles. The largest absolute Gasteiger partial charge is 0.459 e. The Bertz CT molecular complexity index is 901. The number of carbonyl (C=O) groups excluding carboxylic acids is 1. The normalized spacial score (nSPS) is 15.4. The Morgan fingerprint density at radius 1 is 1.23 bits per heavy atom. The van der Waals surface area contributed by atoms with E-state index in [-0.39, 0.29) is 18.4 Å². The number of ether oxygens (including phenoxy) is 2. The molecule has 3 rings (SSSR count). The Balaban J connectivity index is 1.60. The van der Waals surface area contributed by atoms with Crippen molar-refractivity contribution >= 4 is 40.6 Å². The van der Waals surface area contributed by atoms with Crippen molar-refractivity contribution < 1.29 is 14.3 Å². The van der Waals surface area contributed by atoms with E-state index in [4.69, 9.17) is 38.1 Å². The van der Waals surface area contributed by atoms with Crippen LogP contribution < -0.4 is 5.32 Å². The van der Waals surface area contributed by atoms with Crippen LogP contribution >= 0.6 is 23.2 Å². The van der Waals surface area contributed by atoms with E-state index in [1.807, 2.05) is 25.1 Å². The number of nitrogens with one attached hydrogen (secondary N) is 2. The maximum atomic E-state index is 12.5. The highest BCUT2D eigenvalue weighted by molar-refractivity contribution is 6.43. The molecule has 30 heavy (non-hydrogen) atoms. The van der Waals surface area contributed by atoms with Gasteiger partial charge in [0.1, 0.15) is 12.3 Å². The summed E-state index contributed by atoms with van der Waals surface area (Å²) in [6.45, 7) is 5.68. The van der Waals surface area contributed by atoms with Gasteiger partial charge in [-0.1, -0.05) is 47.5 Å². The van der Waals surface area contributed by atoms with Crippen LogP contribution in [0.15, 0.2) is 42.5 Å². The van der Waals surface area contributed by atoms with Gasteiger partial charge in [-0.3, -0.25) is 10.3 Å². The fourth-order valence-corrected chi connectivity index (χ4v) is 3.69. The first-order chi connectivity index (χ1) is 14.5. The molecule has 2 N–H and O–H groups in total. The lowest BCUT2D eigenvalue weighted by atomic mass is 10.1. The van der Waals surface area contributed by atoms with Gasteiger partial charge >= 0.3 is 5.97 Å². The summed E-state index contributed by atoms with van der Waals surface area (Å²) >= 11 is 12.2. The first-order valence-corrected chi connectivity index (χ1v) is 10.6. The third-order valence-corrected chi connectivity index (χ3v) is 5.60. The summed E-state index contributed by atoms with van der Waals surface area (Å²) in [7, 11) is 0. The van der Waals surface area contributed by atoms with Gasteiger partial charge < -0.3 is 14.8 Å². The van der Waals surface area contributed by atoms with E-state index in [0.29, 0.717) is 41.1 Å². The molecule has 1 heterocycles. The number of hydrogen-bond acceptors (Lipinski definition) is 6. The quantitative estimate of drug-likeness (QED) is 0.465. The van der Waals surface area contributed by atoms with Crippen molar-refractivity contribution in [3.63, 3.8) is 0 Å². The van der Waals surface area contributed by atoms with Crippen molar-refractivity contribution in [2.75, 3.05) is 38.2 Å². The second kappa shape index (κ2) is 10.8. The van der Waals surface area contributed by atoms with Crippen molar-refractivity contribution in [2.45, 2.75) is 19.5 Å². The molecule has 1 aliphatic rings. The van der Waals surface area contributed by atoms with E-state index >= 15 is 0 Å². The summed E-state index contributed by atoms with van der Waals surface area (Å²) in [5.41, 5.74) is 1.82. The summed E-state index contributed by atoms with van der Waals surface area (Å²) in [6.07, 6.45) is 0. The van der Waals surface area contributed by atoms with Gasteiger partial charge in [-0.2, -0.15) is 0 Å². The van der Waals surface area contributed by atoms with Crippen LogP contribution in [-0.4, -0.2) is 55.5 Å². The fourth-order valence-electron chi connectivity index (χ4n) is 3.21. The second-order valence-corrected chi connectivity index (χ2v) is 7.95. The lowest BCUT2D eigenvalue weighted by Gasteiger charge is -2.31. The average Bonchev–Trinajstić information content (AvgIpc) is 2.77. The summed E-state index contributed by atoms with van der Waals surface area (Å²) < 4.78 is 10.8. The lowest BCUT2D eigenvalue weighted by molar-refractivity contribution is -0.137. The number of morpholine rings is 1. The minimum Gasteiger partial charge on any atom is -0.459 e. The standard InChI is InChI=1S/C22H25Cl2N3O3/c1-15(27-8-10-29-11-9-27)14-30-22(28)21(25)18-4-2-3-5-20(18)26-13-16-6-7-17(23)12-19(16)24/h2-7,12,15,25-26H,8-11,13-14H2,1H3. The minimum atomic E-state index is -0.645. The minimum absolute atomic E-state index is 0.0751. The maximum Gasteiger partial charge on any atom is 0.356 e. The van der Waals surface area contributed by atoms with Gasteiger partial charge in [0.25, 0.3) is 0 Å². The van der Waals surface area contributed by atoms with Gasteiger partial charge in [0.15, 0.2) is 0 Å². The predicted molar refractivity (Wildman–Crippen MR) is 120 cm³/mol. The molecule has 0 saturated carbocycles. The molecule has 0 radical (unpaired) electrons. The molecule has 1 unspecified atom stereocenters. The van der Waals surface area contributed by atoms with Gasteiger partial charge in [0.2, 0.25) is 0 Å². The third-order valence-electron chi connectivity index (χ3n) is 5.01. The number of hydrogen-bond donors (Lipinski definition) is 2. The number of benzene rings is 2. The first kappa shape index (κ1) is 22.6. The van der Waals surface area contributed by atoms with Crippen molar-refractivity contribution in [1.82, 2.24) is 4.90 Å². The van der Waals surface area contributed by atoms with Gasteiger partial charge in [0.05, 0.1) is 13.2 Å². The Kier molecular flexibility index (Phi) is 8.10. The molecule has 8 heteroatoms. The van der Waals surface area contributed by atoms with Gasteiger partial charge in [-0.15, -0.1) is 0 Å². The zero-order valence-corrected chi connectivity index (χ0v) is 18.3. The molecular formula is C22H25Cl2N3O3. The molecule has 2 aromatic rings. The van der Waals surface area contributed by atoms with E-state index < -0.39 is 5.97 Å². The number of carbonyl (C=O) groups is 1. The summed E-state index contributed by atoms with van der Waals surface area (Å²) in [6, 6.07) is 12.5. The lowest BCUT2D eigenvalue weighted by Crippen LogP contribution is -2.44. The van der Waals surface area contributed by atoms with Crippen LogP contribution in [0.5, 0.6) is 0 Å². The molecule has 1 atom stereocenters. The number of halogens is 2. The number of nitrogens with zero attached hydrogens (tertiary/aromatic N) is 1. The van der Waals surface area contributed by atoms with E-state index in [1.54, 1.807) is 24.3 Å². The Morgan fingerprint density at radius 2 is 1.97 bits per heavy atom. The smallest absolute Gasteiger partial charge is 0.356 e. The van der Waals surface area contributed by atoms with Crippen molar-refractivity contribution in [3.8, 4) is 0 Å². The first-order valence-electron chi connectivity index (χ1n) is 9.80. The Morgan fingerprint density at radius 3 is 2.70 bits per heavy atom. The molecular weight excluding hydrogens is 425 g/mol. The van der Waals surface area contributed by atoms with E-state index in [0.717, 1.165) is 18.7 Å². The van der Waals surface area contributed by atoms with Crippen molar-refractivity contribution in [3.05, 3.63) is 63.6 Å². The Labute approximate surface area is 186 Å². The molecule has 160 valence electrons. The molecule has 0 spiro atoms. The van der Waals surface area contributed by atoms with Gasteiger partial charge in [0, 0.05) is 47.0 Å². The highest BCUT2D eigenvalue weighted by Gasteiger charge is 2.21. The zero-order valence-electron chi connectivity index (χ0n) is 16.8. The third kappa shape index (κ3) is 5.95. The zero-order chi connectivity index (χ0) is 21.5. The van der Waals surface area contributed by atoms with E-state index in [9.17, 15) is 4.79 Å². The van der Waals surface area contributed by atoms with E-state index in [2.05, 4.69) is 10.2 Å². The van der Waals surface area contributed by atoms with Crippen LogP contribution in [0, 0.1) is 5.41 Å². The molecule has 1 fully saturated rings. The fraction of sp³-hybridized carbons (Fsp3) is 0.364. The molecule has 0 aliphatic carbocycles. The van der Waals surface area contributed by atoms with Crippen molar-refractivity contribution in [2.24, 2.45) is 0 Å². The molecule has 0 bridgehead atoms. The predicted octanol–water partition coefficient (Wildman–Crippen LogP) is 4.24. The van der Waals surface area contributed by atoms with Gasteiger partial charge in [-0.25, -0.2) is 4.79 Å². The highest BCUT2D eigenvalue weighted by Crippen LogP contribution is 2.23. The van der Waals surface area contributed by atoms with Crippen LogP contribution in [-0.2, 0) is 20.8 Å². The summed E-state index contributed by atoms with van der Waals surface area (Å²) in [5.74, 6) is -0.645. The van der Waals surface area contributed by atoms with Crippen LogP contribution in [0.25, 0.3) is 0 Å². The monoisotopic (exact) mass is 449 g/mol. The SMILES string of the molecule is CC(COC(=O)C(=N)c1ccccc1NCc1ccc(Cl)cc1Cl)N1CCOCC1. The van der Waals surface area contributed by atoms with Crippen LogP contribution in [0.1, 0.15) is 18.1 Å². The van der Waals surface area contributed by atoms with Crippen LogP contribution in [0.2, 0.25) is 10.0 Å². The molecule has 6 nitrogen and oxygen atoms in total. The molecule has 1 aliphatic heterocycles. The molecule has 0 amide bonds. The highest BCUT2D eigenvalue weighted by atomic mass is 35.5. The van der Waals surface area contributed by atoms with E-state index in [1.165, 1.54) is 0 Å². The number of para-hydroxylation sites is 1. The molecule has 1 saturated heterocycles. The molecule has 2 aromatic carbocycles.